The Morgan fingerprint density at radius 2 is 2.00 bits per heavy atom. The molecule has 116 valence electrons. The predicted molar refractivity (Wildman–Crippen MR) is 87.9 cm³/mol. The summed E-state index contributed by atoms with van der Waals surface area (Å²) in [6, 6.07) is 6.00. The van der Waals surface area contributed by atoms with E-state index in [0.29, 0.717) is 12.5 Å². The van der Waals surface area contributed by atoms with E-state index in [1.807, 2.05) is 25.1 Å². The number of aryl methyl sites for hydroxylation is 1. The van der Waals surface area contributed by atoms with Crippen LogP contribution < -0.4 is 5.32 Å². The number of anilines is 1. The number of hydrogen-bond acceptors (Lipinski definition) is 4. The summed E-state index contributed by atoms with van der Waals surface area (Å²) >= 11 is 1.26. The van der Waals surface area contributed by atoms with Gasteiger partial charge in [0.2, 0.25) is 5.91 Å². The van der Waals surface area contributed by atoms with E-state index >= 15 is 0 Å². The van der Waals surface area contributed by atoms with E-state index in [1.54, 1.807) is 6.92 Å². The van der Waals surface area contributed by atoms with Crippen molar-refractivity contribution in [1.29, 1.82) is 0 Å². The topological polar surface area (TPSA) is 55.4 Å². The van der Waals surface area contributed by atoms with Crippen LogP contribution in [0.4, 0.5) is 5.69 Å². The molecule has 1 N–H and O–H groups in total. The normalized spacial score (nSPS) is 10.5. The largest absolute Gasteiger partial charge is 0.465 e. The number of amides is 1. The van der Waals surface area contributed by atoms with Crippen molar-refractivity contribution in [2.45, 2.75) is 33.6 Å². The summed E-state index contributed by atoms with van der Waals surface area (Å²) in [5.41, 5.74) is 3.05. The number of para-hydroxylation sites is 1. The molecule has 0 aromatic heterocycles. The average molecular weight is 309 g/mol. The Morgan fingerprint density at radius 1 is 1.29 bits per heavy atom. The second-order valence-corrected chi connectivity index (χ2v) is 6.03. The lowest BCUT2D eigenvalue weighted by Crippen LogP contribution is -2.18. The van der Waals surface area contributed by atoms with Crippen LogP contribution in [0.3, 0.4) is 0 Å². The zero-order valence-corrected chi connectivity index (χ0v) is 13.9. The minimum absolute atomic E-state index is 0.0968. The van der Waals surface area contributed by atoms with Gasteiger partial charge < -0.3 is 10.1 Å². The Bertz CT molecular complexity index is 500. The van der Waals surface area contributed by atoms with E-state index in [4.69, 9.17) is 4.74 Å². The van der Waals surface area contributed by atoms with Crippen LogP contribution in [0, 0.1) is 6.92 Å². The molecule has 0 aliphatic heterocycles. The third kappa shape index (κ3) is 5.79. The second-order valence-electron chi connectivity index (χ2n) is 5.04. The fourth-order valence-corrected chi connectivity index (χ4v) is 2.56. The van der Waals surface area contributed by atoms with Crippen molar-refractivity contribution in [3.8, 4) is 0 Å². The van der Waals surface area contributed by atoms with E-state index in [-0.39, 0.29) is 23.4 Å². The maximum absolute atomic E-state index is 12.0. The molecule has 0 atom stereocenters. The van der Waals surface area contributed by atoms with Crippen molar-refractivity contribution in [3.63, 3.8) is 0 Å². The highest BCUT2D eigenvalue weighted by Crippen LogP contribution is 2.27. The van der Waals surface area contributed by atoms with Gasteiger partial charge in [-0.05, 0) is 30.9 Å². The SMILES string of the molecule is CCOC(=O)CSCC(=O)Nc1c(C)cccc1C(C)C. The molecule has 1 amide bonds. The molecule has 0 saturated carbocycles. The number of thioether (sulfide) groups is 1. The molecule has 21 heavy (non-hydrogen) atoms. The molecule has 5 heteroatoms. The van der Waals surface area contributed by atoms with E-state index in [9.17, 15) is 9.59 Å². The molecular formula is C16H23NO3S. The molecule has 0 fully saturated rings. The number of hydrogen-bond donors (Lipinski definition) is 1. The van der Waals surface area contributed by atoms with Crippen molar-refractivity contribution in [3.05, 3.63) is 29.3 Å². The second kappa shape index (κ2) is 8.72. The maximum atomic E-state index is 12.0. The first kappa shape index (κ1) is 17.6. The number of rotatable bonds is 7. The quantitative estimate of drug-likeness (QED) is 0.785. The zero-order valence-electron chi connectivity index (χ0n) is 13.1. The molecule has 0 unspecified atom stereocenters. The van der Waals surface area contributed by atoms with Crippen LogP contribution in [-0.2, 0) is 14.3 Å². The van der Waals surface area contributed by atoms with Gasteiger partial charge in [-0.2, -0.15) is 0 Å². The fourth-order valence-electron chi connectivity index (χ4n) is 1.95. The van der Waals surface area contributed by atoms with Gasteiger partial charge >= 0.3 is 5.97 Å². The molecule has 1 rings (SSSR count). The molecule has 0 aliphatic carbocycles. The summed E-state index contributed by atoms with van der Waals surface area (Å²) in [6.45, 7) is 8.31. The number of nitrogens with one attached hydrogen (secondary N) is 1. The number of ether oxygens (including phenoxy) is 1. The van der Waals surface area contributed by atoms with Crippen molar-refractivity contribution < 1.29 is 14.3 Å². The summed E-state index contributed by atoms with van der Waals surface area (Å²) in [5.74, 6) is 0.401. The van der Waals surface area contributed by atoms with Gasteiger partial charge in [-0.25, -0.2) is 0 Å². The van der Waals surface area contributed by atoms with Gasteiger partial charge in [0.1, 0.15) is 0 Å². The first-order valence-corrected chi connectivity index (χ1v) is 8.23. The molecule has 0 saturated heterocycles. The molecule has 0 radical (unpaired) electrons. The molecule has 0 bridgehead atoms. The van der Waals surface area contributed by atoms with E-state index < -0.39 is 0 Å². The van der Waals surface area contributed by atoms with Gasteiger partial charge in [0.05, 0.1) is 18.1 Å². The van der Waals surface area contributed by atoms with Crippen LogP contribution >= 0.6 is 11.8 Å². The zero-order chi connectivity index (χ0) is 15.8. The lowest BCUT2D eigenvalue weighted by Gasteiger charge is -2.16. The minimum atomic E-state index is -0.283. The maximum Gasteiger partial charge on any atom is 0.315 e. The highest BCUT2D eigenvalue weighted by molar-refractivity contribution is 8.00. The van der Waals surface area contributed by atoms with Crippen LogP contribution in [0.2, 0.25) is 0 Å². The van der Waals surface area contributed by atoms with Crippen molar-refractivity contribution in [2.24, 2.45) is 0 Å². The van der Waals surface area contributed by atoms with E-state index in [2.05, 4.69) is 19.2 Å². The van der Waals surface area contributed by atoms with Crippen molar-refractivity contribution >= 4 is 29.3 Å². The fraction of sp³-hybridized carbons (Fsp3) is 0.500. The smallest absolute Gasteiger partial charge is 0.315 e. The molecule has 0 aliphatic rings. The number of esters is 1. The van der Waals surface area contributed by atoms with Crippen LogP contribution in [-0.4, -0.2) is 30.0 Å². The van der Waals surface area contributed by atoms with Crippen LogP contribution in [0.15, 0.2) is 18.2 Å². The first-order chi connectivity index (χ1) is 9.95. The third-order valence-corrected chi connectivity index (χ3v) is 3.86. The highest BCUT2D eigenvalue weighted by atomic mass is 32.2. The molecule has 1 aromatic carbocycles. The van der Waals surface area contributed by atoms with Crippen molar-refractivity contribution in [1.82, 2.24) is 0 Å². The lowest BCUT2D eigenvalue weighted by molar-refractivity contribution is -0.139. The average Bonchev–Trinajstić information content (AvgIpc) is 2.41. The molecule has 0 heterocycles. The van der Waals surface area contributed by atoms with Crippen molar-refractivity contribution in [2.75, 3.05) is 23.4 Å². The summed E-state index contributed by atoms with van der Waals surface area (Å²) < 4.78 is 4.82. The number of carbonyl (C=O) groups excluding carboxylic acids is 2. The highest BCUT2D eigenvalue weighted by Gasteiger charge is 2.12. The molecule has 4 nitrogen and oxygen atoms in total. The van der Waals surface area contributed by atoms with Gasteiger partial charge in [-0.15, -0.1) is 11.8 Å². The van der Waals surface area contributed by atoms with Gasteiger partial charge in [0.25, 0.3) is 0 Å². The summed E-state index contributed by atoms with van der Waals surface area (Å²) in [5, 5.41) is 2.95. The van der Waals surface area contributed by atoms with Crippen LogP contribution in [0.5, 0.6) is 0 Å². The molecular weight excluding hydrogens is 286 g/mol. The van der Waals surface area contributed by atoms with Gasteiger partial charge in [0.15, 0.2) is 0 Å². The molecule has 1 aromatic rings. The molecule has 0 spiro atoms. The summed E-state index contributed by atoms with van der Waals surface area (Å²) in [7, 11) is 0. The standard InChI is InChI=1S/C16H23NO3S/c1-5-20-15(19)10-21-9-14(18)17-16-12(4)7-6-8-13(16)11(2)3/h6-8,11H,5,9-10H2,1-4H3,(H,17,18). The van der Waals surface area contributed by atoms with Gasteiger partial charge in [-0.1, -0.05) is 32.0 Å². The minimum Gasteiger partial charge on any atom is -0.465 e. The lowest BCUT2D eigenvalue weighted by atomic mass is 9.98. The van der Waals surface area contributed by atoms with Crippen LogP contribution in [0.1, 0.15) is 37.8 Å². The summed E-state index contributed by atoms with van der Waals surface area (Å²) in [6.07, 6.45) is 0. The Kier molecular flexibility index (Phi) is 7.29. The number of benzene rings is 1. The van der Waals surface area contributed by atoms with E-state index in [0.717, 1.165) is 16.8 Å². The Balaban J connectivity index is 2.57. The predicted octanol–water partition coefficient (Wildman–Crippen LogP) is 3.35. The van der Waals surface area contributed by atoms with E-state index in [1.165, 1.54) is 11.8 Å². The van der Waals surface area contributed by atoms with Gasteiger partial charge in [0, 0.05) is 5.69 Å². The van der Waals surface area contributed by atoms with Gasteiger partial charge in [-0.3, -0.25) is 9.59 Å². The first-order valence-electron chi connectivity index (χ1n) is 7.08. The third-order valence-electron chi connectivity index (χ3n) is 2.95. The van der Waals surface area contributed by atoms with Crippen LogP contribution in [0.25, 0.3) is 0 Å². The monoisotopic (exact) mass is 309 g/mol. The Morgan fingerprint density at radius 3 is 2.62 bits per heavy atom. The Hall–Kier alpha value is -1.49. The Labute approximate surface area is 130 Å². The number of carbonyl (C=O) groups is 2. The summed E-state index contributed by atoms with van der Waals surface area (Å²) in [4.78, 5) is 23.2.